The number of benzene rings is 2. The van der Waals surface area contributed by atoms with Crippen molar-refractivity contribution in [3.63, 3.8) is 0 Å². The van der Waals surface area contributed by atoms with Crippen LogP contribution >= 0.6 is 0 Å². The monoisotopic (exact) mass is 448 g/mol. The molecular weight excluding hydrogens is 428 g/mol. The zero-order valence-corrected chi connectivity index (χ0v) is 16.3. The molecule has 1 aromatic heterocycles. The van der Waals surface area contributed by atoms with Crippen LogP contribution in [-0.2, 0) is 4.74 Å². The van der Waals surface area contributed by atoms with Crippen LogP contribution in [0.1, 0.15) is 0 Å². The van der Waals surface area contributed by atoms with E-state index < -0.39 is 65.6 Å². The zero-order valence-electron chi connectivity index (χ0n) is 16.3. The van der Waals surface area contributed by atoms with Crippen molar-refractivity contribution in [2.45, 2.75) is 30.7 Å². The molecule has 0 aliphatic carbocycles. The van der Waals surface area contributed by atoms with Crippen molar-refractivity contribution in [2.75, 3.05) is 6.61 Å². The Bertz CT molecular complexity index is 1190. The highest BCUT2D eigenvalue weighted by molar-refractivity contribution is 5.92. The molecule has 1 fully saturated rings. The average molecular weight is 448 g/mol. The van der Waals surface area contributed by atoms with Crippen LogP contribution in [0.5, 0.6) is 23.0 Å². The van der Waals surface area contributed by atoms with Gasteiger partial charge in [-0.25, -0.2) is 0 Å². The molecule has 0 saturated carbocycles. The Labute approximate surface area is 179 Å². The molecule has 4 rings (SSSR count). The molecule has 11 nitrogen and oxygen atoms in total. The Balaban J connectivity index is 1.73. The van der Waals surface area contributed by atoms with E-state index in [0.29, 0.717) is 5.56 Å². The van der Waals surface area contributed by atoms with Gasteiger partial charge in [-0.1, -0.05) is 12.1 Å². The number of phenols is 3. The molecule has 3 aromatic rings. The molecule has 3 unspecified atom stereocenters. The second kappa shape index (κ2) is 8.30. The van der Waals surface area contributed by atoms with Crippen LogP contribution in [0.3, 0.4) is 0 Å². The molecule has 0 amide bonds. The minimum absolute atomic E-state index is 0.00518. The van der Waals surface area contributed by atoms with E-state index in [4.69, 9.17) is 13.9 Å². The Morgan fingerprint density at radius 2 is 1.66 bits per heavy atom. The summed E-state index contributed by atoms with van der Waals surface area (Å²) >= 11 is 0. The van der Waals surface area contributed by atoms with Crippen LogP contribution in [-0.4, -0.2) is 73.1 Å². The maximum absolute atomic E-state index is 12.9. The first kappa shape index (κ1) is 21.9. The van der Waals surface area contributed by atoms with E-state index in [-0.39, 0.29) is 16.7 Å². The highest BCUT2D eigenvalue weighted by Gasteiger charge is 2.45. The summed E-state index contributed by atoms with van der Waals surface area (Å²) in [6.45, 7) is -0.686. The number of aromatic hydroxyl groups is 3. The molecule has 0 radical (unpaired) electrons. The van der Waals surface area contributed by atoms with Gasteiger partial charge in [-0.15, -0.1) is 0 Å². The third kappa shape index (κ3) is 3.61. The highest BCUT2D eigenvalue weighted by Crippen LogP contribution is 2.41. The SMILES string of the molecule is O=c1c(-c2ccc(O)cc2)coc2c(O)c(O[C@@H]3OC(CO)[C@@H](O)C(O)C3O)cc(O)c12. The van der Waals surface area contributed by atoms with Crippen LogP contribution in [0.4, 0.5) is 0 Å². The van der Waals surface area contributed by atoms with E-state index in [9.17, 15) is 40.5 Å². The largest absolute Gasteiger partial charge is 0.508 e. The minimum Gasteiger partial charge on any atom is -0.508 e. The normalized spacial score (nSPS) is 25.7. The fourth-order valence-corrected chi connectivity index (χ4v) is 3.47. The number of hydrogen-bond acceptors (Lipinski definition) is 11. The topological polar surface area (TPSA) is 190 Å². The summed E-state index contributed by atoms with van der Waals surface area (Å²) in [7, 11) is 0. The fraction of sp³-hybridized carbons (Fsp3) is 0.286. The van der Waals surface area contributed by atoms with Crippen LogP contribution in [0.25, 0.3) is 22.1 Å². The van der Waals surface area contributed by atoms with Crippen molar-refractivity contribution in [3.05, 3.63) is 46.8 Å². The molecule has 32 heavy (non-hydrogen) atoms. The molecule has 0 spiro atoms. The van der Waals surface area contributed by atoms with Crippen LogP contribution in [0.15, 0.2) is 45.8 Å². The summed E-state index contributed by atoms with van der Waals surface area (Å²) in [5.41, 5.74) is -0.602. The zero-order chi connectivity index (χ0) is 23.2. The molecule has 5 atom stereocenters. The molecule has 2 aromatic carbocycles. The molecular formula is C21H20O11. The van der Waals surface area contributed by atoms with Gasteiger partial charge in [0, 0.05) is 6.07 Å². The van der Waals surface area contributed by atoms with Crippen molar-refractivity contribution in [3.8, 4) is 34.1 Å². The quantitative estimate of drug-likeness (QED) is 0.261. The van der Waals surface area contributed by atoms with Gasteiger partial charge in [-0.05, 0) is 17.7 Å². The first-order valence-corrected chi connectivity index (χ1v) is 9.50. The maximum Gasteiger partial charge on any atom is 0.229 e. The Morgan fingerprint density at radius 1 is 0.969 bits per heavy atom. The van der Waals surface area contributed by atoms with Crippen molar-refractivity contribution < 1.29 is 49.6 Å². The van der Waals surface area contributed by atoms with Gasteiger partial charge in [-0.2, -0.15) is 0 Å². The highest BCUT2D eigenvalue weighted by atomic mass is 16.7. The lowest BCUT2D eigenvalue weighted by molar-refractivity contribution is -0.277. The van der Waals surface area contributed by atoms with E-state index >= 15 is 0 Å². The number of rotatable bonds is 4. The number of ether oxygens (including phenoxy) is 2. The van der Waals surface area contributed by atoms with Gasteiger partial charge in [0.15, 0.2) is 11.3 Å². The lowest BCUT2D eigenvalue weighted by atomic mass is 9.99. The fourth-order valence-electron chi connectivity index (χ4n) is 3.47. The van der Waals surface area contributed by atoms with Crippen molar-refractivity contribution in [1.82, 2.24) is 0 Å². The summed E-state index contributed by atoms with van der Waals surface area (Å²) in [6.07, 6.45) is -6.89. The van der Waals surface area contributed by atoms with Crippen molar-refractivity contribution >= 4 is 11.0 Å². The third-order valence-corrected chi connectivity index (χ3v) is 5.24. The molecule has 1 saturated heterocycles. The van der Waals surface area contributed by atoms with Gasteiger partial charge in [0.2, 0.25) is 17.5 Å². The van der Waals surface area contributed by atoms with E-state index in [0.717, 1.165) is 12.3 Å². The third-order valence-electron chi connectivity index (χ3n) is 5.24. The Morgan fingerprint density at radius 3 is 2.31 bits per heavy atom. The summed E-state index contributed by atoms with van der Waals surface area (Å²) in [5.74, 6) is -1.75. The van der Waals surface area contributed by atoms with E-state index in [1.54, 1.807) is 0 Å². The van der Waals surface area contributed by atoms with Crippen LogP contribution < -0.4 is 10.2 Å². The van der Waals surface area contributed by atoms with Gasteiger partial charge in [-0.3, -0.25) is 4.79 Å². The molecule has 1 aliphatic heterocycles. The molecule has 1 aliphatic rings. The smallest absolute Gasteiger partial charge is 0.229 e. The summed E-state index contributed by atoms with van der Waals surface area (Å²) in [6, 6.07) is 6.58. The lowest BCUT2D eigenvalue weighted by Gasteiger charge is -2.39. The number of aliphatic hydroxyl groups is 4. The first-order valence-electron chi connectivity index (χ1n) is 9.50. The maximum atomic E-state index is 12.9. The van der Waals surface area contributed by atoms with E-state index in [2.05, 4.69) is 0 Å². The summed E-state index contributed by atoms with van der Waals surface area (Å²) < 4.78 is 15.9. The number of aliphatic hydroxyl groups excluding tert-OH is 4. The van der Waals surface area contributed by atoms with Crippen LogP contribution in [0.2, 0.25) is 0 Å². The van der Waals surface area contributed by atoms with Crippen molar-refractivity contribution in [2.24, 2.45) is 0 Å². The van der Waals surface area contributed by atoms with Gasteiger partial charge in [0.25, 0.3) is 0 Å². The molecule has 0 bridgehead atoms. The summed E-state index contributed by atoms with van der Waals surface area (Å²) in [4.78, 5) is 12.9. The first-order chi connectivity index (χ1) is 15.2. The second-order valence-corrected chi connectivity index (χ2v) is 7.29. The van der Waals surface area contributed by atoms with Gasteiger partial charge >= 0.3 is 0 Å². The van der Waals surface area contributed by atoms with Crippen LogP contribution in [0, 0.1) is 0 Å². The van der Waals surface area contributed by atoms with Crippen molar-refractivity contribution in [1.29, 1.82) is 0 Å². The summed E-state index contributed by atoms with van der Waals surface area (Å²) in [5, 5.41) is 69.2. The number of hydrogen-bond donors (Lipinski definition) is 7. The predicted octanol–water partition coefficient (Wildman–Crippen LogP) is -0.245. The lowest BCUT2D eigenvalue weighted by Crippen LogP contribution is -2.60. The second-order valence-electron chi connectivity index (χ2n) is 7.29. The van der Waals surface area contributed by atoms with Gasteiger partial charge in [0.05, 0.1) is 12.2 Å². The standard InChI is InChI=1S/C21H20O11/c22-6-13-16(26)18(28)19(29)21(32-13)31-12-5-11(24)14-15(25)10(7-30-20(14)17(12)27)8-1-3-9(23)4-2-8/h1-5,7,13,16,18-19,21-24,26-29H,6H2/t13?,16-,18?,19?,21-/m1/s1. The number of phenolic OH excluding ortho intramolecular Hbond substituents is 3. The van der Waals surface area contributed by atoms with Gasteiger partial charge in [0.1, 0.15) is 47.6 Å². The molecule has 2 heterocycles. The minimum atomic E-state index is -1.76. The average Bonchev–Trinajstić information content (AvgIpc) is 2.78. The van der Waals surface area contributed by atoms with E-state index in [1.807, 2.05) is 0 Å². The Hall–Kier alpha value is -3.35. The van der Waals surface area contributed by atoms with E-state index in [1.165, 1.54) is 24.3 Å². The molecule has 7 N–H and O–H groups in total. The molecule has 11 heteroatoms. The molecule has 170 valence electrons. The van der Waals surface area contributed by atoms with Gasteiger partial charge < -0.3 is 49.6 Å². The Kier molecular flexibility index (Phi) is 5.67. The predicted molar refractivity (Wildman–Crippen MR) is 107 cm³/mol. The number of fused-ring (bicyclic) bond motifs is 1.